The fourth-order valence-electron chi connectivity index (χ4n) is 2.13. The third-order valence-electron chi connectivity index (χ3n) is 3.27. The summed E-state index contributed by atoms with van der Waals surface area (Å²) in [6.07, 6.45) is 0. The van der Waals surface area contributed by atoms with Gasteiger partial charge in [-0.15, -0.1) is 0 Å². The zero-order valence-electron chi connectivity index (χ0n) is 12.6. The maximum Gasteiger partial charge on any atom is 0.325 e. The summed E-state index contributed by atoms with van der Waals surface area (Å²) in [6, 6.07) is 9.94. The first-order valence-electron chi connectivity index (χ1n) is 6.87. The number of anilines is 2. The van der Waals surface area contributed by atoms with Crippen LogP contribution in [0, 0.1) is 6.92 Å². The van der Waals surface area contributed by atoms with Crippen LogP contribution in [-0.4, -0.2) is 23.2 Å². The molecule has 1 aromatic heterocycles. The van der Waals surface area contributed by atoms with Crippen molar-refractivity contribution < 1.29 is 14.6 Å². The summed E-state index contributed by atoms with van der Waals surface area (Å²) in [5.74, 6) is 0.882. The molecule has 2 aromatic carbocycles. The van der Waals surface area contributed by atoms with Crippen molar-refractivity contribution in [2.45, 2.75) is 6.92 Å². The number of thiazole rings is 1. The number of nitrogens with one attached hydrogen (secondary N) is 2. The summed E-state index contributed by atoms with van der Waals surface area (Å²) in [4.78, 5) is 16.4. The topological polar surface area (TPSA) is 83.5 Å². The second-order valence-electron chi connectivity index (χ2n) is 4.93. The molecule has 0 saturated heterocycles. The molecule has 7 heteroatoms. The van der Waals surface area contributed by atoms with Gasteiger partial charge in [0.05, 0.1) is 17.3 Å². The molecule has 1 heterocycles. The van der Waals surface area contributed by atoms with Crippen molar-refractivity contribution in [3.05, 3.63) is 42.0 Å². The Labute approximate surface area is 136 Å². The van der Waals surface area contributed by atoms with Gasteiger partial charge in [-0.25, -0.2) is 9.78 Å². The summed E-state index contributed by atoms with van der Waals surface area (Å²) >= 11 is 1.38. The summed E-state index contributed by atoms with van der Waals surface area (Å²) in [6.45, 7) is 1.80. The van der Waals surface area contributed by atoms with Crippen LogP contribution in [0.1, 0.15) is 5.56 Å². The van der Waals surface area contributed by atoms with Crippen LogP contribution in [0.2, 0.25) is 0 Å². The lowest BCUT2D eigenvalue weighted by molar-refractivity contribution is 0.262. The molecule has 0 aliphatic rings. The van der Waals surface area contributed by atoms with Gasteiger partial charge in [0.25, 0.3) is 0 Å². The van der Waals surface area contributed by atoms with E-state index in [2.05, 4.69) is 15.6 Å². The minimum absolute atomic E-state index is 0.161. The molecule has 0 fully saturated rings. The van der Waals surface area contributed by atoms with Gasteiger partial charge in [-0.2, -0.15) is 0 Å². The molecule has 2 amide bonds. The van der Waals surface area contributed by atoms with Crippen LogP contribution >= 0.6 is 11.3 Å². The van der Waals surface area contributed by atoms with Crippen LogP contribution < -0.4 is 15.4 Å². The van der Waals surface area contributed by atoms with E-state index in [0.29, 0.717) is 10.8 Å². The zero-order chi connectivity index (χ0) is 16.4. The minimum Gasteiger partial charge on any atom is -0.508 e. The molecular formula is C16H15N3O3S. The van der Waals surface area contributed by atoms with Gasteiger partial charge in [0.15, 0.2) is 5.13 Å². The Balaban J connectivity index is 1.74. The second-order valence-corrected chi connectivity index (χ2v) is 5.96. The molecule has 3 aromatic rings. The summed E-state index contributed by atoms with van der Waals surface area (Å²) in [7, 11) is 1.60. The predicted octanol–water partition coefficient (Wildman–Crippen LogP) is 3.96. The Morgan fingerprint density at radius 2 is 2.04 bits per heavy atom. The molecule has 0 spiro atoms. The number of nitrogens with zero attached hydrogens (tertiary/aromatic N) is 1. The van der Waals surface area contributed by atoms with Crippen molar-refractivity contribution in [2.75, 3.05) is 17.7 Å². The number of fused-ring (bicyclic) bond motifs is 1. The molecule has 0 aliphatic heterocycles. The standard InChI is InChI=1S/C16H15N3O3S/c1-9-7-10(20)3-5-12(9)17-15(21)19-16-18-13-8-11(22-2)4-6-14(13)23-16/h3-8,20H,1-2H3,(H2,17,18,19,21). The van der Waals surface area contributed by atoms with Gasteiger partial charge in [-0.3, -0.25) is 5.32 Å². The van der Waals surface area contributed by atoms with Crippen LogP contribution in [0.5, 0.6) is 11.5 Å². The van der Waals surface area contributed by atoms with Crippen molar-refractivity contribution >= 4 is 38.4 Å². The van der Waals surface area contributed by atoms with E-state index in [1.807, 2.05) is 18.2 Å². The van der Waals surface area contributed by atoms with Gasteiger partial charge in [0.2, 0.25) is 0 Å². The fraction of sp³-hybridized carbons (Fsp3) is 0.125. The lowest BCUT2D eigenvalue weighted by Crippen LogP contribution is -2.19. The van der Waals surface area contributed by atoms with Gasteiger partial charge in [0.1, 0.15) is 11.5 Å². The summed E-state index contributed by atoms with van der Waals surface area (Å²) < 4.78 is 6.12. The van der Waals surface area contributed by atoms with Crippen LogP contribution in [0.4, 0.5) is 15.6 Å². The molecule has 0 saturated carbocycles. The second kappa shape index (κ2) is 6.13. The van der Waals surface area contributed by atoms with Crippen LogP contribution in [0.25, 0.3) is 10.2 Å². The smallest absolute Gasteiger partial charge is 0.325 e. The van der Waals surface area contributed by atoms with E-state index in [9.17, 15) is 9.90 Å². The molecule has 0 aliphatic carbocycles. The van der Waals surface area contributed by atoms with Crippen molar-refractivity contribution in [1.29, 1.82) is 0 Å². The van der Waals surface area contributed by atoms with Gasteiger partial charge in [-0.1, -0.05) is 11.3 Å². The number of rotatable bonds is 3. The SMILES string of the molecule is COc1ccc2sc(NC(=O)Nc3ccc(O)cc3C)nc2c1. The number of phenolic OH excluding ortho intramolecular Hbond substituents is 1. The van der Waals surface area contributed by atoms with Crippen molar-refractivity contribution in [3.8, 4) is 11.5 Å². The highest BCUT2D eigenvalue weighted by Crippen LogP contribution is 2.29. The van der Waals surface area contributed by atoms with E-state index in [0.717, 1.165) is 21.5 Å². The molecule has 0 unspecified atom stereocenters. The van der Waals surface area contributed by atoms with E-state index in [-0.39, 0.29) is 11.8 Å². The summed E-state index contributed by atoms with van der Waals surface area (Å²) in [5, 5.41) is 15.3. The number of carbonyl (C=O) groups is 1. The minimum atomic E-state index is -0.384. The quantitative estimate of drug-likeness (QED) is 0.635. The molecule has 23 heavy (non-hydrogen) atoms. The number of hydrogen-bond acceptors (Lipinski definition) is 5. The Morgan fingerprint density at radius 1 is 1.22 bits per heavy atom. The Hall–Kier alpha value is -2.80. The Bertz CT molecular complexity index is 876. The van der Waals surface area contributed by atoms with Crippen molar-refractivity contribution in [1.82, 2.24) is 4.98 Å². The number of carbonyl (C=O) groups excluding carboxylic acids is 1. The van der Waals surface area contributed by atoms with Crippen LogP contribution in [0.15, 0.2) is 36.4 Å². The maximum absolute atomic E-state index is 12.1. The third kappa shape index (κ3) is 3.35. The van der Waals surface area contributed by atoms with E-state index >= 15 is 0 Å². The number of amides is 2. The lowest BCUT2D eigenvalue weighted by Gasteiger charge is -2.08. The van der Waals surface area contributed by atoms with E-state index in [1.165, 1.54) is 17.4 Å². The highest BCUT2D eigenvalue weighted by atomic mass is 32.1. The predicted molar refractivity (Wildman–Crippen MR) is 91.7 cm³/mol. The van der Waals surface area contributed by atoms with Crippen LogP contribution in [-0.2, 0) is 0 Å². The van der Waals surface area contributed by atoms with Crippen molar-refractivity contribution in [3.63, 3.8) is 0 Å². The molecule has 0 radical (unpaired) electrons. The van der Waals surface area contributed by atoms with Gasteiger partial charge in [-0.05, 0) is 42.8 Å². The van der Waals surface area contributed by atoms with Crippen LogP contribution in [0.3, 0.4) is 0 Å². The van der Waals surface area contributed by atoms with E-state index in [4.69, 9.17) is 4.74 Å². The van der Waals surface area contributed by atoms with Crippen molar-refractivity contribution in [2.24, 2.45) is 0 Å². The first-order valence-corrected chi connectivity index (χ1v) is 7.69. The number of benzene rings is 2. The zero-order valence-corrected chi connectivity index (χ0v) is 13.4. The number of hydrogen-bond donors (Lipinski definition) is 3. The number of urea groups is 1. The molecular weight excluding hydrogens is 314 g/mol. The first-order chi connectivity index (χ1) is 11.0. The number of ether oxygens (including phenoxy) is 1. The first kappa shape index (κ1) is 15.1. The third-order valence-corrected chi connectivity index (χ3v) is 4.23. The van der Waals surface area contributed by atoms with E-state index in [1.54, 1.807) is 26.2 Å². The van der Waals surface area contributed by atoms with Gasteiger partial charge in [0, 0.05) is 11.8 Å². The number of aryl methyl sites for hydroxylation is 1. The number of aromatic hydroxyl groups is 1. The average molecular weight is 329 g/mol. The largest absolute Gasteiger partial charge is 0.508 e. The molecule has 118 valence electrons. The van der Waals surface area contributed by atoms with Gasteiger partial charge >= 0.3 is 6.03 Å². The molecule has 0 bridgehead atoms. The monoisotopic (exact) mass is 329 g/mol. The Morgan fingerprint density at radius 3 is 2.78 bits per heavy atom. The fourth-order valence-corrected chi connectivity index (χ4v) is 2.97. The summed E-state index contributed by atoms with van der Waals surface area (Å²) in [5.41, 5.74) is 2.17. The number of methoxy groups -OCH3 is 1. The van der Waals surface area contributed by atoms with E-state index < -0.39 is 0 Å². The Kier molecular flexibility index (Phi) is 4.03. The number of phenols is 1. The molecule has 0 atom stereocenters. The molecule has 6 nitrogen and oxygen atoms in total. The normalized spacial score (nSPS) is 10.5. The highest BCUT2D eigenvalue weighted by Gasteiger charge is 2.10. The van der Waals surface area contributed by atoms with Gasteiger partial charge < -0.3 is 15.2 Å². The number of aromatic nitrogens is 1. The average Bonchev–Trinajstić information content (AvgIpc) is 2.91. The molecule has 3 rings (SSSR count). The molecule has 3 N–H and O–H groups in total. The lowest BCUT2D eigenvalue weighted by atomic mass is 10.2. The maximum atomic E-state index is 12.1. The highest BCUT2D eigenvalue weighted by molar-refractivity contribution is 7.22.